The van der Waals surface area contributed by atoms with Gasteiger partial charge in [0.05, 0.1) is 22.7 Å². The van der Waals surface area contributed by atoms with Crippen molar-refractivity contribution in [2.24, 2.45) is 0 Å². The second-order valence-corrected chi connectivity index (χ2v) is 9.00. The lowest BCUT2D eigenvalue weighted by Gasteiger charge is -2.37. The van der Waals surface area contributed by atoms with Gasteiger partial charge in [0.1, 0.15) is 6.61 Å². The Morgan fingerprint density at radius 1 is 0.892 bits per heavy atom. The Hall–Kier alpha value is -4.21. The molecule has 0 bridgehead atoms. The minimum absolute atomic E-state index is 0.270. The average molecular weight is 498 g/mol. The molecule has 0 saturated carbocycles. The molecule has 2 aromatic carbocycles. The number of amides is 2. The molecule has 0 radical (unpaired) electrons. The maximum Gasteiger partial charge on any atom is 0.262 e. The number of imide groups is 1. The Labute approximate surface area is 214 Å². The summed E-state index contributed by atoms with van der Waals surface area (Å²) in [5, 5.41) is 9.00. The number of aromatic nitrogens is 2. The number of benzene rings is 2. The van der Waals surface area contributed by atoms with E-state index in [1.807, 2.05) is 47.4 Å². The molecule has 1 saturated heterocycles. The van der Waals surface area contributed by atoms with Gasteiger partial charge in [0.15, 0.2) is 5.78 Å². The summed E-state index contributed by atoms with van der Waals surface area (Å²) in [6.45, 7) is 2.63. The number of anilines is 1. The van der Waals surface area contributed by atoms with Gasteiger partial charge in [0.2, 0.25) is 5.95 Å². The zero-order valence-corrected chi connectivity index (χ0v) is 20.2. The second kappa shape index (κ2) is 10.8. The van der Waals surface area contributed by atoms with E-state index in [-0.39, 0.29) is 17.4 Å². The van der Waals surface area contributed by atoms with Crippen LogP contribution in [0, 0.1) is 0 Å². The number of Topliss-reactive ketones (excluding diaryl/α,β-unsaturated/α-hetero) is 1. The van der Waals surface area contributed by atoms with E-state index in [1.54, 1.807) is 24.3 Å². The molecule has 2 amide bonds. The van der Waals surface area contributed by atoms with Crippen molar-refractivity contribution in [3.05, 3.63) is 95.3 Å². The second-order valence-electron chi connectivity index (χ2n) is 9.00. The number of aliphatic hydroxyl groups excluding tert-OH is 1. The molecule has 1 aromatic heterocycles. The smallest absolute Gasteiger partial charge is 0.262 e. The predicted octanol–water partition coefficient (Wildman–Crippen LogP) is 2.15. The topological polar surface area (TPSA) is 107 Å². The third kappa shape index (κ3) is 5.18. The lowest BCUT2D eigenvalue weighted by Crippen LogP contribution is -2.52. The van der Waals surface area contributed by atoms with Crippen LogP contribution in [0.25, 0.3) is 6.08 Å². The first-order chi connectivity index (χ1) is 18.0. The molecule has 0 spiro atoms. The van der Waals surface area contributed by atoms with E-state index in [1.165, 1.54) is 17.3 Å². The molecule has 9 heteroatoms. The van der Waals surface area contributed by atoms with Crippen molar-refractivity contribution in [3.63, 3.8) is 0 Å². The first-order valence-corrected chi connectivity index (χ1v) is 12.2. The number of fused-ring (bicyclic) bond motifs is 1. The van der Waals surface area contributed by atoms with Crippen molar-refractivity contribution >= 4 is 29.6 Å². The van der Waals surface area contributed by atoms with Crippen LogP contribution in [0.3, 0.4) is 0 Å². The van der Waals surface area contributed by atoms with E-state index in [0.29, 0.717) is 49.8 Å². The quantitative estimate of drug-likeness (QED) is 0.373. The zero-order valence-electron chi connectivity index (χ0n) is 20.2. The van der Waals surface area contributed by atoms with Gasteiger partial charge in [-0.3, -0.25) is 24.2 Å². The number of ketones is 1. The van der Waals surface area contributed by atoms with Gasteiger partial charge in [-0.1, -0.05) is 54.6 Å². The number of carbonyl (C=O) groups excluding carboxylic acids is 3. The van der Waals surface area contributed by atoms with E-state index in [0.717, 1.165) is 5.56 Å². The molecular formula is C28H27N5O4. The van der Waals surface area contributed by atoms with Crippen molar-refractivity contribution in [2.45, 2.75) is 6.04 Å². The minimum Gasteiger partial charge on any atom is -0.388 e. The minimum atomic E-state index is -0.575. The van der Waals surface area contributed by atoms with Crippen molar-refractivity contribution in [3.8, 4) is 0 Å². The van der Waals surface area contributed by atoms with Crippen molar-refractivity contribution in [1.82, 2.24) is 19.8 Å². The number of rotatable bonds is 8. The molecule has 188 valence electrons. The van der Waals surface area contributed by atoms with Crippen LogP contribution in [0.15, 0.2) is 73.1 Å². The highest BCUT2D eigenvalue weighted by atomic mass is 16.3. The van der Waals surface area contributed by atoms with Gasteiger partial charge in [-0.05, 0) is 17.7 Å². The maximum atomic E-state index is 13.2. The van der Waals surface area contributed by atoms with E-state index in [9.17, 15) is 14.4 Å². The van der Waals surface area contributed by atoms with Crippen molar-refractivity contribution in [1.29, 1.82) is 0 Å². The van der Waals surface area contributed by atoms with Gasteiger partial charge < -0.3 is 10.0 Å². The number of piperazine rings is 1. The van der Waals surface area contributed by atoms with Gasteiger partial charge in [-0.25, -0.2) is 9.97 Å². The third-order valence-corrected chi connectivity index (χ3v) is 6.67. The average Bonchev–Trinajstić information content (AvgIpc) is 3.21. The summed E-state index contributed by atoms with van der Waals surface area (Å²) in [4.78, 5) is 52.2. The van der Waals surface area contributed by atoms with Crippen LogP contribution in [-0.2, 0) is 0 Å². The van der Waals surface area contributed by atoms with E-state index in [2.05, 4.69) is 14.9 Å². The molecule has 3 aromatic rings. The Balaban J connectivity index is 1.30. The number of carbonyl (C=O) groups is 3. The summed E-state index contributed by atoms with van der Waals surface area (Å²) in [7, 11) is 0. The summed E-state index contributed by atoms with van der Waals surface area (Å²) < 4.78 is 0. The van der Waals surface area contributed by atoms with Crippen molar-refractivity contribution in [2.75, 3.05) is 44.2 Å². The summed E-state index contributed by atoms with van der Waals surface area (Å²) in [5.41, 5.74) is 2.15. The first-order valence-electron chi connectivity index (χ1n) is 12.2. The highest BCUT2D eigenvalue weighted by Crippen LogP contribution is 2.26. The standard InChI is InChI=1S/C28H27N5O4/c34-19-25(35)21-16-29-28(30-17-21)32-14-12-31(13-15-32)18-22(11-10-20-6-2-1-3-7-20)33-26(36)23-8-4-5-9-24(23)27(33)37/h1-11,16-17,22,34H,12-15,18-19H2/b11-10+. The monoisotopic (exact) mass is 497 g/mol. The van der Waals surface area contributed by atoms with Crippen LogP contribution in [0.2, 0.25) is 0 Å². The third-order valence-electron chi connectivity index (χ3n) is 6.67. The lowest BCUT2D eigenvalue weighted by atomic mass is 10.1. The van der Waals surface area contributed by atoms with Crippen LogP contribution < -0.4 is 4.90 Å². The highest BCUT2D eigenvalue weighted by molar-refractivity contribution is 6.21. The van der Waals surface area contributed by atoms with E-state index in [4.69, 9.17) is 5.11 Å². The Morgan fingerprint density at radius 2 is 1.49 bits per heavy atom. The summed E-state index contributed by atoms with van der Waals surface area (Å²) >= 11 is 0. The van der Waals surface area contributed by atoms with Gasteiger partial charge in [-0.2, -0.15) is 0 Å². The molecule has 1 atom stereocenters. The number of hydrogen-bond acceptors (Lipinski definition) is 8. The lowest BCUT2D eigenvalue weighted by molar-refractivity contribution is 0.0582. The molecule has 1 fully saturated rings. The fourth-order valence-electron chi connectivity index (χ4n) is 4.64. The summed E-state index contributed by atoms with van der Waals surface area (Å²) in [5.74, 6) is -0.435. The van der Waals surface area contributed by atoms with Crippen LogP contribution in [0.1, 0.15) is 36.6 Å². The molecule has 1 N–H and O–H groups in total. The first kappa shape index (κ1) is 24.5. The van der Waals surface area contributed by atoms with Crippen LogP contribution in [-0.4, -0.2) is 87.8 Å². The van der Waals surface area contributed by atoms with Crippen LogP contribution >= 0.6 is 0 Å². The highest BCUT2D eigenvalue weighted by Gasteiger charge is 2.39. The normalized spacial score (nSPS) is 16.9. The van der Waals surface area contributed by atoms with E-state index >= 15 is 0 Å². The number of hydrogen-bond donors (Lipinski definition) is 1. The Morgan fingerprint density at radius 3 is 2.08 bits per heavy atom. The molecule has 5 rings (SSSR count). The molecule has 9 nitrogen and oxygen atoms in total. The number of nitrogens with zero attached hydrogens (tertiary/aromatic N) is 5. The van der Waals surface area contributed by atoms with Gasteiger partial charge in [0.25, 0.3) is 11.8 Å². The van der Waals surface area contributed by atoms with Crippen LogP contribution in [0.5, 0.6) is 0 Å². The van der Waals surface area contributed by atoms with Crippen LogP contribution in [0.4, 0.5) is 5.95 Å². The molecule has 1 unspecified atom stereocenters. The fourth-order valence-corrected chi connectivity index (χ4v) is 4.64. The Kier molecular flexibility index (Phi) is 7.16. The van der Waals surface area contributed by atoms with Gasteiger partial charge in [0, 0.05) is 45.1 Å². The summed E-state index contributed by atoms with van der Waals surface area (Å²) in [6.07, 6.45) is 6.75. The molecule has 0 aliphatic carbocycles. The Bertz CT molecular complexity index is 1280. The zero-order chi connectivity index (χ0) is 25.8. The molecule has 3 heterocycles. The predicted molar refractivity (Wildman–Crippen MR) is 138 cm³/mol. The van der Waals surface area contributed by atoms with Gasteiger partial charge in [-0.15, -0.1) is 0 Å². The van der Waals surface area contributed by atoms with E-state index < -0.39 is 18.4 Å². The molecular weight excluding hydrogens is 470 g/mol. The summed E-state index contributed by atoms with van der Waals surface area (Å²) in [6, 6.07) is 16.3. The SMILES string of the molecule is O=C(CO)c1cnc(N2CCN(CC(/C=C/c3ccccc3)N3C(=O)c4ccccc4C3=O)CC2)nc1. The van der Waals surface area contributed by atoms with Crippen molar-refractivity contribution < 1.29 is 19.5 Å². The number of aliphatic hydroxyl groups is 1. The molecule has 2 aliphatic heterocycles. The van der Waals surface area contributed by atoms with Gasteiger partial charge >= 0.3 is 0 Å². The largest absolute Gasteiger partial charge is 0.388 e. The fraction of sp³-hybridized carbons (Fsp3) is 0.250. The molecule has 2 aliphatic rings. The molecule has 37 heavy (non-hydrogen) atoms. The maximum absolute atomic E-state index is 13.2.